The molecule has 0 aliphatic heterocycles. The van der Waals surface area contributed by atoms with E-state index in [9.17, 15) is 17.3 Å². The molecule has 0 saturated heterocycles. The van der Waals surface area contributed by atoms with E-state index in [1.807, 2.05) is 19.9 Å². The van der Waals surface area contributed by atoms with Gasteiger partial charge in [-0.05, 0) is 25.6 Å². The van der Waals surface area contributed by atoms with Crippen LogP contribution in [0.15, 0.2) is 11.0 Å². The monoisotopic (exact) mass is 176 g/mol. The van der Waals surface area contributed by atoms with E-state index in [0.29, 0.717) is 0 Å². The first-order valence-corrected chi connectivity index (χ1v) is 2.99. The average molecular weight is 176 g/mol. The van der Waals surface area contributed by atoms with E-state index >= 15 is 0 Å². The maximum atomic E-state index is 9.75. The lowest BCUT2D eigenvalue weighted by Gasteiger charge is -1.94. The highest BCUT2D eigenvalue weighted by molar-refractivity contribution is 7.63. The van der Waals surface area contributed by atoms with Gasteiger partial charge in [-0.3, -0.25) is 0 Å². The van der Waals surface area contributed by atoms with Gasteiger partial charge in [-0.2, -0.15) is 0 Å². The summed E-state index contributed by atoms with van der Waals surface area (Å²) in [7, 11) is -6.00. The minimum atomic E-state index is -6.00. The molecule has 0 saturated carbocycles. The van der Waals surface area contributed by atoms with Crippen LogP contribution in [-0.4, -0.2) is 7.25 Å². The Labute approximate surface area is 62.8 Å². The quantitative estimate of drug-likeness (QED) is 0.301. The molecule has 0 aromatic heterocycles. The van der Waals surface area contributed by atoms with Crippen molar-refractivity contribution >= 4 is 19.9 Å². The van der Waals surface area contributed by atoms with E-state index in [2.05, 4.69) is 12.6 Å². The molecule has 0 aromatic carbocycles. The van der Waals surface area contributed by atoms with Gasteiger partial charge in [0.05, 0.1) is 0 Å². The molecule has 0 aliphatic carbocycles. The zero-order valence-corrected chi connectivity index (χ0v) is 6.67. The van der Waals surface area contributed by atoms with Crippen molar-refractivity contribution in [3.63, 3.8) is 0 Å². The van der Waals surface area contributed by atoms with E-state index < -0.39 is 7.25 Å². The maximum Gasteiger partial charge on any atom is 0.673 e. The summed E-state index contributed by atoms with van der Waals surface area (Å²) in [4.78, 5) is 1.19. The highest BCUT2D eigenvalue weighted by Gasteiger charge is 2.20. The summed E-state index contributed by atoms with van der Waals surface area (Å²) in [6, 6.07) is 0. The van der Waals surface area contributed by atoms with E-state index in [4.69, 9.17) is 0 Å². The summed E-state index contributed by atoms with van der Waals surface area (Å²) >= 11 is 3.28. The maximum absolute atomic E-state index is 9.75. The van der Waals surface area contributed by atoms with Crippen LogP contribution in [0.4, 0.5) is 17.3 Å². The highest BCUT2D eigenvalue weighted by Crippen LogP contribution is 2.06. The first-order valence-electron chi connectivity index (χ1n) is 2.49. The number of hydrogen-bond donors (Lipinski definition) is 0. The fourth-order valence-corrected chi connectivity index (χ4v) is 0. The molecule has 62 valence electrons. The Hall–Kier alpha value is -0.125. The second-order valence-corrected chi connectivity index (χ2v) is 2.26. The Bertz CT molecular complexity index is 98.3. The molecule has 0 aromatic rings. The molecule has 0 nitrogen and oxygen atoms in total. The molecule has 0 bridgehead atoms. The Morgan fingerprint density at radius 2 is 1.40 bits per heavy atom. The van der Waals surface area contributed by atoms with Gasteiger partial charge < -0.3 is 17.3 Å². The van der Waals surface area contributed by atoms with Gasteiger partial charge in [0.15, 0.2) is 0 Å². The van der Waals surface area contributed by atoms with Crippen LogP contribution in [0.5, 0.6) is 0 Å². The van der Waals surface area contributed by atoms with Crippen LogP contribution >= 0.6 is 0 Å². The standard InChI is InChI=1S/C4H8S.BF4/c1-3-4(2)5;2-1(3,4)5/h3,5H,1-2H3;/q;-1/p+1. The largest absolute Gasteiger partial charge is 0.673 e. The Kier molecular flexibility index (Phi) is 7.08. The lowest BCUT2D eigenvalue weighted by molar-refractivity contribution is 0.368. The summed E-state index contributed by atoms with van der Waals surface area (Å²) in [6.07, 6.45) is 2.00. The lowest BCUT2D eigenvalue weighted by atomic mass is 10.3. The molecular weight excluding hydrogens is 167 g/mol. The fraction of sp³-hybridized carbons (Fsp3) is 0.500. The molecule has 0 spiro atoms. The van der Waals surface area contributed by atoms with Crippen molar-refractivity contribution in [2.45, 2.75) is 13.8 Å². The lowest BCUT2D eigenvalue weighted by Crippen LogP contribution is -2.02. The van der Waals surface area contributed by atoms with Crippen molar-refractivity contribution in [2.24, 2.45) is 0 Å². The van der Waals surface area contributed by atoms with E-state index in [1.165, 1.54) is 4.91 Å². The summed E-state index contributed by atoms with van der Waals surface area (Å²) in [5, 5.41) is 0. The van der Waals surface area contributed by atoms with Crippen molar-refractivity contribution in [3.8, 4) is 0 Å². The minimum absolute atomic E-state index is 1.19. The summed E-state index contributed by atoms with van der Waals surface area (Å²) in [5.41, 5.74) is 0. The molecule has 0 radical (unpaired) electrons. The smallest absolute Gasteiger partial charge is 0.418 e. The zero-order valence-electron chi connectivity index (χ0n) is 5.67. The second-order valence-electron chi connectivity index (χ2n) is 1.47. The first-order chi connectivity index (χ1) is 4.27. The van der Waals surface area contributed by atoms with Crippen LogP contribution in [0.1, 0.15) is 13.8 Å². The van der Waals surface area contributed by atoms with Gasteiger partial charge in [0.25, 0.3) is 0 Å². The molecule has 0 fully saturated rings. The number of allylic oxidation sites excluding steroid dienone is 2. The van der Waals surface area contributed by atoms with Crippen LogP contribution < -0.4 is 0 Å². The SMILES string of the molecule is CC=C(C)[SH2+].F[B-](F)(F)F. The molecule has 0 unspecified atom stereocenters. The third-order valence-electron chi connectivity index (χ3n) is 0.433. The van der Waals surface area contributed by atoms with Crippen LogP contribution in [0.2, 0.25) is 0 Å². The molecule has 6 heteroatoms. The van der Waals surface area contributed by atoms with Crippen LogP contribution in [0, 0.1) is 0 Å². The van der Waals surface area contributed by atoms with E-state index in [1.54, 1.807) is 0 Å². The Balaban J connectivity index is 0. The van der Waals surface area contributed by atoms with Gasteiger partial charge in [0, 0.05) is 6.92 Å². The van der Waals surface area contributed by atoms with Crippen LogP contribution in [-0.2, 0) is 12.6 Å². The predicted octanol–water partition coefficient (Wildman–Crippen LogP) is 2.22. The van der Waals surface area contributed by atoms with Crippen LogP contribution in [0.25, 0.3) is 0 Å². The Morgan fingerprint density at radius 3 is 1.40 bits per heavy atom. The van der Waals surface area contributed by atoms with Gasteiger partial charge in [-0.25, -0.2) is 0 Å². The molecule has 0 amide bonds. The normalized spacial score (nSPS) is 12.1. The van der Waals surface area contributed by atoms with Crippen molar-refractivity contribution in [3.05, 3.63) is 11.0 Å². The number of rotatable bonds is 0. The van der Waals surface area contributed by atoms with Gasteiger partial charge in [-0.15, -0.1) is 0 Å². The van der Waals surface area contributed by atoms with Crippen molar-refractivity contribution < 1.29 is 17.3 Å². The number of halogens is 4. The van der Waals surface area contributed by atoms with Gasteiger partial charge in [-0.1, -0.05) is 0 Å². The molecule has 0 heterocycles. The molecule has 0 N–H and O–H groups in total. The second kappa shape index (κ2) is 5.64. The topological polar surface area (TPSA) is 0 Å². The molecule has 0 rings (SSSR count). The summed E-state index contributed by atoms with van der Waals surface area (Å²) in [6.45, 7) is 3.99. The highest BCUT2D eigenvalue weighted by atomic mass is 32.1. The minimum Gasteiger partial charge on any atom is -0.418 e. The van der Waals surface area contributed by atoms with Crippen LogP contribution in [0.3, 0.4) is 0 Å². The molecular formula is C4H9BF4S. The Morgan fingerprint density at radius 1 is 1.30 bits per heavy atom. The van der Waals surface area contributed by atoms with E-state index in [0.717, 1.165) is 0 Å². The first kappa shape index (κ1) is 12.5. The summed E-state index contributed by atoms with van der Waals surface area (Å²) < 4.78 is 39.0. The zero-order chi connectivity index (χ0) is 8.78. The average Bonchev–Trinajstić information content (AvgIpc) is 1.61. The van der Waals surface area contributed by atoms with Crippen molar-refractivity contribution in [1.29, 1.82) is 0 Å². The van der Waals surface area contributed by atoms with Gasteiger partial charge >= 0.3 is 7.25 Å². The molecule has 0 atom stereocenters. The summed E-state index contributed by atoms with van der Waals surface area (Å²) in [5.74, 6) is 0. The van der Waals surface area contributed by atoms with Crippen molar-refractivity contribution in [2.75, 3.05) is 0 Å². The van der Waals surface area contributed by atoms with Gasteiger partial charge in [0.2, 0.25) is 0 Å². The van der Waals surface area contributed by atoms with Gasteiger partial charge in [0.1, 0.15) is 4.91 Å². The van der Waals surface area contributed by atoms with E-state index in [-0.39, 0.29) is 0 Å². The third kappa shape index (κ3) is 106. The molecule has 10 heavy (non-hydrogen) atoms. The predicted molar refractivity (Wildman–Crippen MR) is 39.8 cm³/mol. The number of hydrogen-bond acceptors (Lipinski definition) is 0. The third-order valence-corrected chi connectivity index (χ3v) is 0.722. The van der Waals surface area contributed by atoms with Crippen molar-refractivity contribution in [1.82, 2.24) is 0 Å². The molecule has 0 aliphatic rings. The fourth-order valence-electron chi connectivity index (χ4n) is 0.